The molecule has 1 aliphatic heterocycles. The molecule has 1 aromatic heterocycles. The zero-order valence-electron chi connectivity index (χ0n) is 14.5. The minimum absolute atomic E-state index is 0.405. The Kier molecular flexibility index (Phi) is 5.31. The second kappa shape index (κ2) is 6.66. The van der Waals surface area contributed by atoms with Crippen molar-refractivity contribution >= 4 is 16.5 Å². The van der Waals surface area contributed by atoms with Crippen LogP contribution in [-0.4, -0.2) is 24.6 Å². The van der Waals surface area contributed by atoms with E-state index in [1.807, 2.05) is 11.3 Å². The van der Waals surface area contributed by atoms with Gasteiger partial charge in [0.25, 0.3) is 0 Å². The molecule has 4 heteroatoms. The normalized spacial score (nSPS) is 19.8. The predicted octanol–water partition coefficient (Wildman–Crippen LogP) is 4.07. The fraction of sp³-hybridized carbons (Fsp3) is 0.824. The van der Waals surface area contributed by atoms with Crippen LogP contribution in [0.15, 0.2) is 0 Å². The molecule has 1 fully saturated rings. The molecule has 0 bridgehead atoms. The average molecular weight is 310 g/mol. The molecule has 0 saturated carbocycles. The molecule has 1 atom stereocenters. The van der Waals surface area contributed by atoms with Gasteiger partial charge in [-0.2, -0.15) is 0 Å². The van der Waals surface area contributed by atoms with Crippen LogP contribution in [0.2, 0.25) is 0 Å². The summed E-state index contributed by atoms with van der Waals surface area (Å²) in [5.74, 6) is 1.48. The standard InChI is InChI=1S/C17H31N3S/c1-12(2)9-18-10-15-13(3)19-16(21-15)20-8-7-14(11-20)17(4,5)6/h12,14,18H,7-11H2,1-6H3. The molecule has 1 aliphatic rings. The number of nitrogens with one attached hydrogen (secondary N) is 1. The molecular weight excluding hydrogens is 278 g/mol. The lowest BCUT2D eigenvalue weighted by Gasteiger charge is -2.26. The Bertz CT molecular complexity index is 459. The first-order chi connectivity index (χ1) is 9.77. The summed E-state index contributed by atoms with van der Waals surface area (Å²) in [6.07, 6.45) is 1.29. The molecule has 0 spiro atoms. The lowest BCUT2D eigenvalue weighted by molar-refractivity contribution is 0.263. The van der Waals surface area contributed by atoms with Gasteiger partial charge in [0.15, 0.2) is 5.13 Å². The van der Waals surface area contributed by atoms with Gasteiger partial charge < -0.3 is 10.2 Å². The van der Waals surface area contributed by atoms with Crippen molar-refractivity contribution in [3.63, 3.8) is 0 Å². The first-order valence-electron chi connectivity index (χ1n) is 8.19. The molecular formula is C17H31N3S. The van der Waals surface area contributed by atoms with Gasteiger partial charge in [0, 0.05) is 24.5 Å². The Morgan fingerprint density at radius 1 is 1.38 bits per heavy atom. The van der Waals surface area contributed by atoms with Crippen molar-refractivity contribution in [2.75, 3.05) is 24.5 Å². The minimum atomic E-state index is 0.405. The van der Waals surface area contributed by atoms with E-state index in [4.69, 9.17) is 4.98 Å². The van der Waals surface area contributed by atoms with Gasteiger partial charge >= 0.3 is 0 Å². The van der Waals surface area contributed by atoms with Crippen LogP contribution in [0.25, 0.3) is 0 Å². The minimum Gasteiger partial charge on any atom is -0.348 e. The van der Waals surface area contributed by atoms with Crippen molar-refractivity contribution in [2.24, 2.45) is 17.3 Å². The molecule has 1 unspecified atom stereocenters. The van der Waals surface area contributed by atoms with Crippen molar-refractivity contribution in [3.8, 4) is 0 Å². The summed E-state index contributed by atoms with van der Waals surface area (Å²) < 4.78 is 0. The maximum atomic E-state index is 4.81. The smallest absolute Gasteiger partial charge is 0.185 e. The maximum absolute atomic E-state index is 4.81. The summed E-state index contributed by atoms with van der Waals surface area (Å²) in [5, 5.41) is 4.75. The van der Waals surface area contributed by atoms with Gasteiger partial charge in [-0.25, -0.2) is 4.98 Å². The largest absolute Gasteiger partial charge is 0.348 e. The van der Waals surface area contributed by atoms with Crippen LogP contribution in [0, 0.1) is 24.2 Å². The highest BCUT2D eigenvalue weighted by molar-refractivity contribution is 7.15. The van der Waals surface area contributed by atoms with E-state index in [1.165, 1.54) is 22.1 Å². The predicted molar refractivity (Wildman–Crippen MR) is 93.2 cm³/mol. The van der Waals surface area contributed by atoms with Gasteiger partial charge in [-0.15, -0.1) is 11.3 Å². The van der Waals surface area contributed by atoms with Crippen LogP contribution >= 0.6 is 11.3 Å². The number of rotatable bonds is 5. The fourth-order valence-electron chi connectivity index (χ4n) is 2.83. The van der Waals surface area contributed by atoms with Gasteiger partial charge in [0.1, 0.15) is 0 Å². The van der Waals surface area contributed by atoms with Crippen LogP contribution in [0.5, 0.6) is 0 Å². The number of hydrogen-bond acceptors (Lipinski definition) is 4. The molecule has 2 rings (SSSR count). The summed E-state index contributed by atoms with van der Waals surface area (Å²) in [5.41, 5.74) is 1.60. The topological polar surface area (TPSA) is 28.2 Å². The highest BCUT2D eigenvalue weighted by Gasteiger charge is 2.33. The number of anilines is 1. The number of thiazole rings is 1. The van der Waals surface area contributed by atoms with E-state index >= 15 is 0 Å². The van der Waals surface area contributed by atoms with Crippen molar-refractivity contribution in [1.29, 1.82) is 0 Å². The van der Waals surface area contributed by atoms with Crippen LogP contribution < -0.4 is 10.2 Å². The summed E-state index contributed by atoms with van der Waals surface area (Å²) in [6.45, 7) is 18.1. The molecule has 2 heterocycles. The van der Waals surface area contributed by atoms with Gasteiger partial charge in [-0.3, -0.25) is 0 Å². The third kappa shape index (κ3) is 4.43. The van der Waals surface area contributed by atoms with E-state index in [9.17, 15) is 0 Å². The molecule has 3 nitrogen and oxygen atoms in total. The first kappa shape index (κ1) is 16.8. The molecule has 120 valence electrons. The fourth-order valence-corrected chi connectivity index (χ4v) is 3.89. The molecule has 1 N–H and O–H groups in total. The van der Waals surface area contributed by atoms with Crippen LogP contribution in [-0.2, 0) is 6.54 Å². The second-order valence-corrected chi connectivity index (χ2v) is 8.89. The molecule has 0 aliphatic carbocycles. The zero-order valence-corrected chi connectivity index (χ0v) is 15.3. The highest BCUT2D eigenvalue weighted by Crippen LogP contribution is 2.37. The highest BCUT2D eigenvalue weighted by atomic mass is 32.1. The third-order valence-electron chi connectivity index (χ3n) is 4.40. The second-order valence-electron chi connectivity index (χ2n) is 7.83. The first-order valence-corrected chi connectivity index (χ1v) is 9.01. The molecule has 0 amide bonds. The van der Waals surface area contributed by atoms with Crippen molar-refractivity contribution < 1.29 is 0 Å². The van der Waals surface area contributed by atoms with Crippen molar-refractivity contribution in [1.82, 2.24) is 10.3 Å². The van der Waals surface area contributed by atoms with Crippen LogP contribution in [0.3, 0.4) is 0 Å². The summed E-state index contributed by atoms with van der Waals surface area (Å²) in [4.78, 5) is 8.69. The molecule has 0 aromatic carbocycles. The Balaban J connectivity index is 1.96. The summed E-state index contributed by atoms with van der Waals surface area (Å²) in [7, 11) is 0. The molecule has 21 heavy (non-hydrogen) atoms. The van der Waals surface area contributed by atoms with E-state index in [-0.39, 0.29) is 0 Å². The van der Waals surface area contributed by atoms with E-state index in [0.717, 1.165) is 32.1 Å². The Morgan fingerprint density at radius 3 is 2.67 bits per heavy atom. The Morgan fingerprint density at radius 2 is 2.10 bits per heavy atom. The van der Waals surface area contributed by atoms with E-state index in [1.54, 1.807) is 0 Å². The van der Waals surface area contributed by atoms with Crippen molar-refractivity contribution in [2.45, 2.75) is 54.5 Å². The number of hydrogen-bond donors (Lipinski definition) is 1. The van der Waals surface area contributed by atoms with E-state index < -0.39 is 0 Å². The number of aromatic nitrogens is 1. The average Bonchev–Trinajstić information content (AvgIpc) is 2.95. The monoisotopic (exact) mass is 309 g/mol. The van der Waals surface area contributed by atoms with E-state index in [2.05, 4.69) is 51.8 Å². The molecule has 1 aromatic rings. The van der Waals surface area contributed by atoms with Gasteiger partial charge in [0.05, 0.1) is 5.69 Å². The summed E-state index contributed by atoms with van der Waals surface area (Å²) in [6, 6.07) is 0. The van der Waals surface area contributed by atoms with Crippen LogP contribution in [0.4, 0.5) is 5.13 Å². The summed E-state index contributed by atoms with van der Waals surface area (Å²) >= 11 is 1.87. The Labute approximate surface area is 134 Å². The van der Waals surface area contributed by atoms with E-state index in [0.29, 0.717) is 11.3 Å². The quantitative estimate of drug-likeness (QED) is 0.888. The Hall–Kier alpha value is -0.610. The van der Waals surface area contributed by atoms with Gasteiger partial charge in [0.2, 0.25) is 0 Å². The number of nitrogens with zero attached hydrogens (tertiary/aromatic N) is 2. The lowest BCUT2D eigenvalue weighted by atomic mass is 9.80. The zero-order chi connectivity index (χ0) is 15.6. The molecule has 1 saturated heterocycles. The molecule has 0 radical (unpaired) electrons. The van der Waals surface area contributed by atoms with Gasteiger partial charge in [-0.1, -0.05) is 34.6 Å². The lowest BCUT2D eigenvalue weighted by Crippen LogP contribution is -2.25. The SMILES string of the molecule is Cc1nc(N2CCC(C(C)(C)C)C2)sc1CNCC(C)C. The van der Waals surface area contributed by atoms with Gasteiger partial charge in [-0.05, 0) is 37.1 Å². The maximum Gasteiger partial charge on any atom is 0.185 e. The number of aryl methyl sites for hydroxylation is 1. The van der Waals surface area contributed by atoms with Crippen LogP contribution in [0.1, 0.15) is 51.6 Å². The van der Waals surface area contributed by atoms with Crippen molar-refractivity contribution in [3.05, 3.63) is 10.6 Å². The third-order valence-corrected chi connectivity index (χ3v) is 5.62.